The summed E-state index contributed by atoms with van der Waals surface area (Å²) in [5, 5.41) is 21.9. The Bertz CT molecular complexity index is 1460. The molecule has 11 nitrogen and oxygen atoms in total. The van der Waals surface area contributed by atoms with Gasteiger partial charge in [-0.1, -0.05) is 23.2 Å². The van der Waals surface area contributed by atoms with Crippen LogP contribution in [0.1, 0.15) is 0 Å². The number of benzene rings is 1. The molecule has 2 aliphatic heterocycles. The fourth-order valence-corrected chi connectivity index (χ4v) is 7.80. The van der Waals surface area contributed by atoms with Gasteiger partial charge in [0, 0.05) is 45.5 Å². The van der Waals surface area contributed by atoms with E-state index < -0.39 is 35.8 Å². The van der Waals surface area contributed by atoms with Crippen molar-refractivity contribution >= 4 is 88.1 Å². The zero-order valence-electron chi connectivity index (χ0n) is 22.0. The number of pyridine rings is 1. The number of hydrogen-bond acceptors (Lipinski definition) is 8. The third-order valence-corrected chi connectivity index (χ3v) is 10.4. The minimum atomic E-state index is -1.21. The standard InChI is InChI=1S/C26H24Cl2N4O7S3/c1-30(10-21(35)36)20(34)9-31-6-4-16(5-7-31)40-11-14-12-42-25-22(24(37)32(25)23(14)26(38)39)29-19(33)13-41-18-8-15(27)2-3-17(18)28/h2-8,22,25H,9-13H2,1H3,(H2-,29,33,35,36,38,39)/p+1/t22-,25-/m1/s1. The number of β-lactam (4-membered cyclic amide) rings is 1. The van der Waals surface area contributed by atoms with E-state index >= 15 is 0 Å². The van der Waals surface area contributed by atoms with Crippen LogP contribution in [0.4, 0.5) is 0 Å². The average Bonchev–Trinajstić information content (AvgIpc) is 2.94. The van der Waals surface area contributed by atoms with Gasteiger partial charge < -0.3 is 20.4 Å². The molecular formula is C26H25Cl2N4O7S3+. The number of aliphatic carboxylic acids is 2. The van der Waals surface area contributed by atoms with Crippen molar-refractivity contribution in [3.05, 3.63) is 64.0 Å². The molecule has 16 heteroatoms. The van der Waals surface area contributed by atoms with Crippen LogP contribution in [0.25, 0.3) is 0 Å². The maximum absolute atomic E-state index is 13.0. The predicted octanol–water partition coefficient (Wildman–Crippen LogP) is 2.45. The Morgan fingerprint density at radius 1 is 1.14 bits per heavy atom. The van der Waals surface area contributed by atoms with E-state index in [1.165, 1.54) is 47.2 Å². The summed E-state index contributed by atoms with van der Waals surface area (Å²) in [7, 11) is 1.42. The lowest BCUT2D eigenvalue weighted by Gasteiger charge is -2.49. The first-order valence-electron chi connectivity index (χ1n) is 12.3. The minimum absolute atomic E-state index is 0.00895. The first-order chi connectivity index (χ1) is 19.9. The lowest BCUT2D eigenvalue weighted by atomic mass is 10.0. The van der Waals surface area contributed by atoms with Crippen molar-refractivity contribution in [2.45, 2.75) is 27.8 Å². The Balaban J connectivity index is 1.33. The molecule has 0 radical (unpaired) electrons. The molecule has 0 unspecified atom stereocenters. The molecule has 1 saturated heterocycles. The molecule has 222 valence electrons. The van der Waals surface area contributed by atoms with Crippen molar-refractivity contribution in [1.29, 1.82) is 0 Å². The molecule has 2 aliphatic rings. The van der Waals surface area contributed by atoms with Crippen molar-refractivity contribution in [3.8, 4) is 0 Å². The zero-order valence-corrected chi connectivity index (χ0v) is 26.0. The van der Waals surface area contributed by atoms with Crippen LogP contribution in [0.2, 0.25) is 10.0 Å². The quantitative estimate of drug-likeness (QED) is 0.175. The van der Waals surface area contributed by atoms with Gasteiger partial charge in [-0.3, -0.25) is 24.1 Å². The van der Waals surface area contributed by atoms with Gasteiger partial charge in [0.2, 0.25) is 12.5 Å². The smallest absolute Gasteiger partial charge is 0.352 e. The number of nitrogens with zero attached hydrogens (tertiary/aromatic N) is 3. The second-order valence-corrected chi connectivity index (χ2v) is 13.2. The molecule has 1 aromatic carbocycles. The number of halogens is 2. The minimum Gasteiger partial charge on any atom is -0.480 e. The third kappa shape index (κ3) is 7.72. The Morgan fingerprint density at radius 2 is 1.86 bits per heavy atom. The highest BCUT2D eigenvalue weighted by Gasteiger charge is 2.54. The van der Waals surface area contributed by atoms with Crippen LogP contribution < -0.4 is 9.88 Å². The number of carboxylic acid groups (broad SMARTS) is 2. The van der Waals surface area contributed by atoms with Gasteiger partial charge in [0.05, 0.1) is 10.8 Å². The summed E-state index contributed by atoms with van der Waals surface area (Å²) in [6.07, 6.45) is 3.36. The number of rotatable bonds is 12. The maximum atomic E-state index is 13.0. The molecule has 0 saturated carbocycles. The number of nitrogens with one attached hydrogen (secondary N) is 1. The van der Waals surface area contributed by atoms with Gasteiger partial charge in [0.15, 0.2) is 12.4 Å². The second-order valence-electron chi connectivity index (χ2n) is 9.21. The van der Waals surface area contributed by atoms with Crippen LogP contribution >= 0.6 is 58.5 Å². The number of amides is 3. The van der Waals surface area contributed by atoms with Gasteiger partial charge in [0.1, 0.15) is 23.7 Å². The molecule has 0 spiro atoms. The predicted molar refractivity (Wildman–Crippen MR) is 160 cm³/mol. The zero-order chi connectivity index (χ0) is 30.6. The van der Waals surface area contributed by atoms with E-state index in [2.05, 4.69) is 5.32 Å². The maximum Gasteiger partial charge on any atom is 0.352 e. The molecule has 3 amide bonds. The second kappa shape index (κ2) is 14.0. The topological polar surface area (TPSA) is 148 Å². The summed E-state index contributed by atoms with van der Waals surface area (Å²) in [6, 6.07) is 7.63. The Kier molecular flexibility index (Phi) is 10.7. The lowest BCUT2D eigenvalue weighted by molar-refractivity contribution is -0.685. The van der Waals surface area contributed by atoms with E-state index in [9.17, 15) is 29.1 Å². The Morgan fingerprint density at radius 3 is 2.52 bits per heavy atom. The fraction of sp³-hybridized carbons (Fsp3) is 0.308. The van der Waals surface area contributed by atoms with Crippen LogP contribution in [0.15, 0.2) is 63.8 Å². The number of fused-ring (bicyclic) bond motifs is 1. The normalized spacial score (nSPS) is 17.8. The van der Waals surface area contributed by atoms with E-state index in [-0.39, 0.29) is 29.8 Å². The number of likely N-dealkylation sites (N-methyl/N-ethyl adjacent to an activating group) is 1. The molecule has 0 aliphatic carbocycles. The number of aromatic nitrogens is 1. The van der Waals surface area contributed by atoms with Gasteiger partial charge >= 0.3 is 11.9 Å². The first-order valence-corrected chi connectivity index (χ1v) is 16.1. The number of thioether (sulfide) groups is 3. The van der Waals surface area contributed by atoms with E-state index in [0.717, 1.165) is 9.80 Å². The summed E-state index contributed by atoms with van der Waals surface area (Å²) in [6.45, 7) is -0.416. The van der Waals surface area contributed by atoms with Crippen LogP contribution in [0.5, 0.6) is 0 Å². The van der Waals surface area contributed by atoms with Crippen LogP contribution in [-0.4, -0.2) is 91.9 Å². The summed E-state index contributed by atoms with van der Waals surface area (Å²) < 4.78 is 1.61. The largest absolute Gasteiger partial charge is 0.480 e. The highest BCUT2D eigenvalue weighted by Crippen LogP contribution is 2.41. The summed E-state index contributed by atoms with van der Waals surface area (Å²) in [5.74, 6) is -2.82. The van der Waals surface area contributed by atoms with Crippen LogP contribution in [-0.2, 0) is 30.5 Å². The molecule has 1 fully saturated rings. The average molecular weight is 673 g/mol. The number of carboxylic acids is 2. The lowest BCUT2D eigenvalue weighted by Crippen LogP contribution is -2.70. The summed E-state index contributed by atoms with van der Waals surface area (Å²) in [4.78, 5) is 64.4. The first kappa shape index (κ1) is 32.0. The molecular weight excluding hydrogens is 647 g/mol. The van der Waals surface area contributed by atoms with E-state index in [0.29, 0.717) is 32.0 Å². The van der Waals surface area contributed by atoms with Gasteiger partial charge in [-0.15, -0.1) is 35.3 Å². The number of carbonyl (C=O) groups excluding carboxylic acids is 3. The molecule has 4 rings (SSSR count). The Labute approximate surface area is 263 Å². The highest BCUT2D eigenvalue weighted by molar-refractivity contribution is 8.01. The molecule has 2 aromatic rings. The van der Waals surface area contributed by atoms with Crippen molar-refractivity contribution in [2.24, 2.45) is 0 Å². The van der Waals surface area contributed by atoms with Gasteiger partial charge in [-0.05, 0) is 23.8 Å². The molecule has 42 heavy (non-hydrogen) atoms. The van der Waals surface area contributed by atoms with Gasteiger partial charge in [-0.25, -0.2) is 4.79 Å². The molecule has 2 atom stereocenters. The van der Waals surface area contributed by atoms with Crippen LogP contribution in [0, 0.1) is 0 Å². The third-order valence-electron chi connectivity index (χ3n) is 6.21. The summed E-state index contributed by atoms with van der Waals surface area (Å²) in [5.41, 5.74) is 0.514. The number of carbonyl (C=O) groups is 5. The molecule has 3 N–H and O–H groups in total. The van der Waals surface area contributed by atoms with Crippen molar-refractivity contribution < 1.29 is 38.8 Å². The fourth-order valence-electron chi connectivity index (χ4n) is 4.12. The van der Waals surface area contributed by atoms with Gasteiger partial charge in [0.25, 0.3) is 11.8 Å². The van der Waals surface area contributed by atoms with E-state index in [1.54, 1.807) is 47.3 Å². The van der Waals surface area contributed by atoms with Crippen molar-refractivity contribution in [1.82, 2.24) is 15.1 Å². The van der Waals surface area contributed by atoms with E-state index in [1.807, 2.05) is 0 Å². The SMILES string of the molecule is CN(CC(=O)O)C(=O)C[n+]1ccc(SCC2=C(C(=O)O)N3C(=O)[C@@H](NC(=O)CSc4cc(Cl)ccc4Cl)[C@H]3SC2)cc1. The monoisotopic (exact) mass is 671 g/mol. The number of hydrogen-bond donors (Lipinski definition) is 3. The van der Waals surface area contributed by atoms with Crippen LogP contribution in [0.3, 0.4) is 0 Å². The van der Waals surface area contributed by atoms with E-state index in [4.69, 9.17) is 28.3 Å². The summed E-state index contributed by atoms with van der Waals surface area (Å²) >= 11 is 16.1. The van der Waals surface area contributed by atoms with Crippen molar-refractivity contribution in [2.75, 3.05) is 30.9 Å². The van der Waals surface area contributed by atoms with Crippen molar-refractivity contribution in [3.63, 3.8) is 0 Å². The van der Waals surface area contributed by atoms with Gasteiger partial charge in [-0.2, -0.15) is 4.57 Å². The molecule has 1 aromatic heterocycles. The molecule has 0 bridgehead atoms. The Hall–Kier alpha value is -2.91. The highest BCUT2D eigenvalue weighted by atomic mass is 35.5. The molecule has 3 heterocycles.